The quantitative estimate of drug-likeness (QED) is 0.515. The smallest absolute Gasteiger partial charge is 0.336 e. The van der Waals surface area contributed by atoms with Crippen molar-refractivity contribution in [3.8, 4) is 11.5 Å². The third-order valence-electron chi connectivity index (χ3n) is 6.28. The number of carboxylic acid groups (broad SMARTS) is 1. The van der Waals surface area contributed by atoms with Crippen molar-refractivity contribution in [2.24, 2.45) is 11.3 Å². The number of para-hydroxylation sites is 1. The number of rotatable bonds is 4. The molecular weight excluding hydrogens is 402 g/mol. The van der Waals surface area contributed by atoms with Gasteiger partial charge in [-0.1, -0.05) is 45.0 Å². The fourth-order valence-corrected chi connectivity index (χ4v) is 4.47. The van der Waals surface area contributed by atoms with Gasteiger partial charge in [-0.05, 0) is 72.1 Å². The van der Waals surface area contributed by atoms with E-state index in [2.05, 4.69) is 20.8 Å². The van der Waals surface area contributed by atoms with Crippen LogP contribution in [0.2, 0.25) is 0 Å². The van der Waals surface area contributed by atoms with E-state index in [1.165, 1.54) is 0 Å². The molecule has 2 aromatic carbocycles. The Morgan fingerprint density at radius 3 is 2.62 bits per heavy atom. The van der Waals surface area contributed by atoms with Gasteiger partial charge in [0.2, 0.25) is 0 Å². The summed E-state index contributed by atoms with van der Waals surface area (Å²) in [5.41, 5.74) is 4.49. The molecular formula is C27H29NO4. The Bertz CT molecular complexity index is 1220. The molecule has 1 heterocycles. The number of carbonyl (C=O) groups is 1. The normalized spacial score (nSPS) is 17.4. The fourth-order valence-electron chi connectivity index (χ4n) is 4.47. The molecule has 5 nitrogen and oxygen atoms in total. The van der Waals surface area contributed by atoms with Crippen molar-refractivity contribution in [3.63, 3.8) is 0 Å². The molecule has 5 heteroatoms. The first-order chi connectivity index (χ1) is 15.2. The number of phenols is 1. The minimum absolute atomic E-state index is 0.00361. The topological polar surface area (TPSA) is 79.7 Å². The molecule has 0 radical (unpaired) electrons. The summed E-state index contributed by atoms with van der Waals surface area (Å²) in [5, 5.41) is 20.9. The first-order valence-corrected chi connectivity index (χ1v) is 11.0. The molecule has 0 saturated carbocycles. The number of hydrogen-bond acceptors (Lipinski definition) is 4. The maximum atomic E-state index is 12.4. The van der Waals surface area contributed by atoms with E-state index in [4.69, 9.17) is 9.72 Å². The fraction of sp³-hybridized carbons (Fsp3) is 0.333. The number of carboxylic acids is 1. The van der Waals surface area contributed by atoms with Crippen LogP contribution in [0.1, 0.15) is 61.3 Å². The predicted molar refractivity (Wildman–Crippen MR) is 127 cm³/mol. The van der Waals surface area contributed by atoms with E-state index >= 15 is 0 Å². The van der Waals surface area contributed by atoms with Gasteiger partial charge in [0, 0.05) is 5.39 Å². The number of pyridine rings is 1. The van der Waals surface area contributed by atoms with E-state index in [-0.39, 0.29) is 17.1 Å². The van der Waals surface area contributed by atoms with Gasteiger partial charge in [-0.15, -0.1) is 0 Å². The van der Waals surface area contributed by atoms with Gasteiger partial charge >= 0.3 is 5.97 Å². The van der Waals surface area contributed by atoms with Crippen molar-refractivity contribution in [2.45, 2.75) is 40.5 Å². The maximum Gasteiger partial charge on any atom is 0.336 e. The van der Waals surface area contributed by atoms with E-state index in [1.807, 2.05) is 49.4 Å². The van der Waals surface area contributed by atoms with Crippen molar-refractivity contribution >= 4 is 28.5 Å². The van der Waals surface area contributed by atoms with Gasteiger partial charge in [-0.3, -0.25) is 0 Å². The van der Waals surface area contributed by atoms with Crippen LogP contribution in [0.15, 0.2) is 42.5 Å². The van der Waals surface area contributed by atoms with Gasteiger partial charge in [0.15, 0.2) is 11.5 Å². The summed E-state index contributed by atoms with van der Waals surface area (Å²) in [5.74, 6) is -0.117. The number of nitrogens with zero attached hydrogens (tertiary/aromatic N) is 1. The molecule has 0 aliphatic heterocycles. The third-order valence-corrected chi connectivity index (χ3v) is 6.28. The van der Waals surface area contributed by atoms with Crippen molar-refractivity contribution in [2.75, 3.05) is 6.61 Å². The number of phenolic OH excluding ortho intramolecular Hbond substituents is 1. The molecule has 2 N–H and O–H groups in total. The standard InChI is InChI=1S/C27H29NO4/c1-5-32-23-13-16(10-11-22(23)29)12-17-14-18(27(2,3)4)15-20-24(26(30)31)19-8-6-7-9-21(19)28-25(17)20/h6-13,18,29H,5,14-15H2,1-4H3,(H,30,31). The summed E-state index contributed by atoms with van der Waals surface area (Å²) in [6.07, 6.45) is 3.52. The Morgan fingerprint density at radius 2 is 1.94 bits per heavy atom. The van der Waals surface area contributed by atoms with Crippen LogP contribution in [-0.2, 0) is 6.42 Å². The van der Waals surface area contributed by atoms with E-state index in [9.17, 15) is 15.0 Å². The van der Waals surface area contributed by atoms with Gasteiger partial charge in [0.25, 0.3) is 0 Å². The second-order valence-corrected chi connectivity index (χ2v) is 9.44. The number of aromatic carboxylic acids is 1. The first-order valence-electron chi connectivity index (χ1n) is 11.0. The van der Waals surface area contributed by atoms with Crippen molar-refractivity contribution < 1.29 is 19.7 Å². The summed E-state index contributed by atoms with van der Waals surface area (Å²) in [4.78, 5) is 17.3. The number of ether oxygens (including phenoxy) is 1. The second kappa shape index (κ2) is 8.30. The van der Waals surface area contributed by atoms with Crippen LogP contribution in [0.4, 0.5) is 0 Å². The van der Waals surface area contributed by atoms with Crippen LogP contribution in [0, 0.1) is 11.3 Å². The largest absolute Gasteiger partial charge is 0.504 e. The first kappa shape index (κ1) is 21.9. The van der Waals surface area contributed by atoms with Crippen LogP contribution < -0.4 is 4.74 Å². The number of aromatic hydroxyl groups is 1. The molecule has 1 aliphatic rings. The Balaban J connectivity index is 1.96. The van der Waals surface area contributed by atoms with Crippen LogP contribution in [0.3, 0.4) is 0 Å². The summed E-state index contributed by atoms with van der Waals surface area (Å²) >= 11 is 0. The third kappa shape index (κ3) is 4.07. The minimum Gasteiger partial charge on any atom is -0.504 e. The molecule has 0 bridgehead atoms. The van der Waals surface area contributed by atoms with E-state index < -0.39 is 5.97 Å². The van der Waals surface area contributed by atoms with E-state index in [0.29, 0.717) is 35.2 Å². The number of hydrogen-bond donors (Lipinski definition) is 2. The van der Waals surface area contributed by atoms with E-state index in [1.54, 1.807) is 6.07 Å². The van der Waals surface area contributed by atoms with Crippen molar-refractivity contribution in [1.29, 1.82) is 0 Å². The molecule has 0 fully saturated rings. The molecule has 166 valence electrons. The van der Waals surface area contributed by atoms with Gasteiger partial charge in [-0.25, -0.2) is 9.78 Å². The summed E-state index contributed by atoms with van der Waals surface area (Å²) in [6, 6.07) is 12.7. The lowest BCUT2D eigenvalue weighted by Crippen LogP contribution is -2.28. The van der Waals surface area contributed by atoms with Gasteiger partial charge in [0.1, 0.15) is 0 Å². The Morgan fingerprint density at radius 1 is 1.19 bits per heavy atom. The lowest BCUT2D eigenvalue weighted by molar-refractivity contribution is 0.0696. The van der Waals surface area contributed by atoms with Gasteiger partial charge in [0.05, 0.1) is 23.4 Å². The Kier molecular flexibility index (Phi) is 5.68. The SMILES string of the molecule is CCOc1cc(C=C2CC(C(C)(C)C)Cc3c2nc2ccccc2c3C(=O)O)ccc1O. The Hall–Kier alpha value is -3.34. The lowest BCUT2D eigenvalue weighted by Gasteiger charge is -2.36. The molecule has 3 aromatic rings. The van der Waals surface area contributed by atoms with Crippen LogP contribution >= 0.6 is 0 Å². The number of fused-ring (bicyclic) bond motifs is 2. The number of allylic oxidation sites excluding steroid dienone is 1. The zero-order valence-electron chi connectivity index (χ0n) is 19.0. The summed E-state index contributed by atoms with van der Waals surface area (Å²) in [6.45, 7) is 8.92. The molecule has 4 rings (SSSR count). The molecule has 0 saturated heterocycles. The van der Waals surface area contributed by atoms with Gasteiger partial charge in [-0.2, -0.15) is 0 Å². The van der Waals surface area contributed by atoms with Crippen LogP contribution in [0.25, 0.3) is 22.6 Å². The monoisotopic (exact) mass is 431 g/mol. The lowest BCUT2D eigenvalue weighted by atomic mass is 9.69. The molecule has 1 atom stereocenters. The van der Waals surface area contributed by atoms with Crippen molar-refractivity contribution in [1.82, 2.24) is 4.98 Å². The molecule has 1 aromatic heterocycles. The molecule has 1 unspecified atom stereocenters. The zero-order valence-corrected chi connectivity index (χ0v) is 19.0. The summed E-state index contributed by atoms with van der Waals surface area (Å²) in [7, 11) is 0. The van der Waals surface area contributed by atoms with Crippen LogP contribution in [0.5, 0.6) is 11.5 Å². The minimum atomic E-state index is -0.919. The molecule has 0 spiro atoms. The average molecular weight is 432 g/mol. The van der Waals surface area contributed by atoms with E-state index in [0.717, 1.165) is 28.8 Å². The van der Waals surface area contributed by atoms with Crippen LogP contribution in [-0.4, -0.2) is 27.8 Å². The number of benzene rings is 2. The average Bonchev–Trinajstić information content (AvgIpc) is 2.73. The molecule has 0 amide bonds. The number of aromatic nitrogens is 1. The second-order valence-electron chi connectivity index (χ2n) is 9.44. The molecule has 1 aliphatic carbocycles. The van der Waals surface area contributed by atoms with Gasteiger partial charge < -0.3 is 14.9 Å². The zero-order chi connectivity index (χ0) is 23.0. The highest BCUT2D eigenvalue weighted by Crippen LogP contribution is 2.45. The highest BCUT2D eigenvalue weighted by Gasteiger charge is 2.35. The maximum absolute atomic E-state index is 12.4. The summed E-state index contributed by atoms with van der Waals surface area (Å²) < 4.78 is 5.55. The Labute approximate surface area is 188 Å². The molecule has 32 heavy (non-hydrogen) atoms. The van der Waals surface area contributed by atoms with Crippen molar-refractivity contribution in [3.05, 3.63) is 64.8 Å². The predicted octanol–water partition coefficient (Wildman–Crippen LogP) is 6.19. The highest BCUT2D eigenvalue weighted by molar-refractivity contribution is 6.06. The highest BCUT2D eigenvalue weighted by atomic mass is 16.5.